The summed E-state index contributed by atoms with van der Waals surface area (Å²) in [7, 11) is 0. The number of ketones is 1. The summed E-state index contributed by atoms with van der Waals surface area (Å²) in [6, 6.07) is 6.96. The van der Waals surface area contributed by atoms with Crippen LogP contribution in [0.3, 0.4) is 0 Å². The maximum Gasteiger partial charge on any atom is 0.573 e. The van der Waals surface area contributed by atoms with Crippen molar-refractivity contribution in [3.8, 4) is 5.75 Å². The summed E-state index contributed by atoms with van der Waals surface area (Å²) in [6.07, 6.45) is -9.10. The van der Waals surface area contributed by atoms with Crippen molar-refractivity contribution in [3.05, 3.63) is 88.6 Å². The molecule has 0 bridgehead atoms. The SMILES string of the molecule is Cc1ccc(N2C(=O)C(O)=C(C(=O)c3ccc(C(F)(F)F)nc3)C2c2ccc(OC(F)(F)F)cc2)nn1. The van der Waals surface area contributed by atoms with Gasteiger partial charge >= 0.3 is 12.5 Å². The van der Waals surface area contributed by atoms with Gasteiger partial charge in [-0.05, 0) is 48.9 Å². The van der Waals surface area contributed by atoms with Gasteiger partial charge in [0.25, 0.3) is 5.91 Å². The molecule has 37 heavy (non-hydrogen) atoms. The van der Waals surface area contributed by atoms with Crippen LogP contribution in [-0.2, 0) is 11.0 Å². The maximum absolute atomic E-state index is 13.3. The molecule has 1 atom stereocenters. The number of benzene rings is 1. The predicted molar refractivity (Wildman–Crippen MR) is 113 cm³/mol. The molecule has 2 aromatic heterocycles. The molecule has 1 amide bonds. The second-order valence-electron chi connectivity index (χ2n) is 7.75. The molecule has 3 heterocycles. The summed E-state index contributed by atoms with van der Waals surface area (Å²) >= 11 is 0. The number of hydrogen-bond donors (Lipinski definition) is 1. The van der Waals surface area contributed by atoms with E-state index in [2.05, 4.69) is 19.9 Å². The summed E-state index contributed by atoms with van der Waals surface area (Å²) in [5.74, 6) is -3.82. The van der Waals surface area contributed by atoms with Crippen molar-refractivity contribution in [2.75, 3.05) is 4.90 Å². The first kappa shape index (κ1) is 25.6. The fourth-order valence-electron chi connectivity index (χ4n) is 3.61. The molecule has 0 saturated heterocycles. The van der Waals surface area contributed by atoms with Gasteiger partial charge in [0, 0.05) is 11.8 Å². The number of aliphatic hydroxyl groups is 1. The quantitative estimate of drug-likeness (QED) is 0.375. The third-order valence-corrected chi connectivity index (χ3v) is 5.23. The van der Waals surface area contributed by atoms with Gasteiger partial charge in [-0.25, -0.2) is 0 Å². The number of carbonyl (C=O) groups is 2. The molecule has 192 valence electrons. The van der Waals surface area contributed by atoms with Crippen LogP contribution in [0.1, 0.15) is 33.4 Å². The Labute approximate surface area is 203 Å². The van der Waals surface area contributed by atoms with Crippen LogP contribution in [0, 0.1) is 6.92 Å². The highest BCUT2D eigenvalue weighted by Crippen LogP contribution is 2.42. The van der Waals surface area contributed by atoms with Crippen molar-refractivity contribution in [2.24, 2.45) is 0 Å². The Balaban J connectivity index is 1.79. The number of halogens is 6. The number of hydrogen-bond acceptors (Lipinski definition) is 7. The Hall–Kier alpha value is -4.49. The van der Waals surface area contributed by atoms with Crippen LogP contribution in [0.2, 0.25) is 0 Å². The number of anilines is 1. The Kier molecular flexibility index (Phi) is 6.35. The first-order valence-corrected chi connectivity index (χ1v) is 10.3. The van der Waals surface area contributed by atoms with Crippen molar-refractivity contribution in [2.45, 2.75) is 25.5 Å². The molecule has 1 unspecified atom stereocenters. The second kappa shape index (κ2) is 9.19. The number of nitrogens with zero attached hydrogens (tertiary/aromatic N) is 4. The molecule has 0 fully saturated rings. The number of Topliss-reactive ketones (excluding diaryl/α,β-unsaturated/α-hetero) is 1. The fraction of sp³-hybridized carbons (Fsp3) is 0.174. The van der Waals surface area contributed by atoms with Crippen LogP contribution >= 0.6 is 0 Å². The Bertz CT molecular complexity index is 1370. The molecule has 8 nitrogen and oxygen atoms in total. The highest BCUT2D eigenvalue weighted by Gasteiger charge is 2.45. The minimum absolute atomic E-state index is 0.0671. The number of amides is 1. The smallest absolute Gasteiger partial charge is 0.503 e. The topological polar surface area (TPSA) is 106 Å². The third kappa shape index (κ3) is 5.22. The summed E-state index contributed by atoms with van der Waals surface area (Å²) in [5, 5.41) is 18.4. The molecule has 3 aromatic rings. The van der Waals surface area contributed by atoms with Gasteiger partial charge < -0.3 is 9.84 Å². The predicted octanol–water partition coefficient (Wildman–Crippen LogP) is 4.88. The number of aliphatic hydroxyl groups excluding tert-OH is 1. The van der Waals surface area contributed by atoms with Gasteiger partial charge in [0.1, 0.15) is 11.4 Å². The average Bonchev–Trinajstić information content (AvgIpc) is 3.08. The highest BCUT2D eigenvalue weighted by atomic mass is 19.4. The van der Waals surface area contributed by atoms with E-state index in [0.29, 0.717) is 18.0 Å². The fourth-order valence-corrected chi connectivity index (χ4v) is 3.61. The Morgan fingerprint density at radius 1 is 0.973 bits per heavy atom. The minimum atomic E-state index is -4.97. The lowest BCUT2D eigenvalue weighted by atomic mass is 9.93. The number of pyridine rings is 1. The molecule has 4 rings (SSSR count). The van der Waals surface area contributed by atoms with Gasteiger partial charge in [0.2, 0.25) is 0 Å². The summed E-state index contributed by atoms with van der Waals surface area (Å²) < 4.78 is 80.2. The van der Waals surface area contributed by atoms with E-state index in [4.69, 9.17) is 0 Å². The van der Waals surface area contributed by atoms with Crippen LogP contribution in [0.25, 0.3) is 0 Å². The van der Waals surface area contributed by atoms with Gasteiger partial charge in [-0.2, -0.15) is 18.3 Å². The zero-order chi connectivity index (χ0) is 27.1. The van der Waals surface area contributed by atoms with Crippen LogP contribution in [0.15, 0.2) is 66.1 Å². The van der Waals surface area contributed by atoms with Crippen molar-refractivity contribution >= 4 is 17.5 Å². The lowest BCUT2D eigenvalue weighted by Gasteiger charge is -2.25. The number of aromatic nitrogens is 3. The van der Waals surface area contributed by atoms with E-state index < -0.39 is 53.0 Å². The van der Waals surface area contributed by atoms with Crippen molar-refractivity contribution < 1.29 is 45.8 Å². The molecule has 1 N–H and O–H groups in total. The molecule has 0 spiro atoms. The molecule has 0 saturated carbocycles. The number of aryl methyl sites for hydroxylation is 1. The summed E-state index contributed by atoms with van der Waals surface area (Å²) in [4.78, 5) is 30.4. The van der Waals surface area contributed by atoms with Gasteiger partial charge in [-0.3, -0.25) is 19.5 Å². The zero-order valence-electron chi connectivity index (χ0n) is 18.5. The lowest BCUT2D eigenvalue weighted by Crippen LogP contribution is -2.32. The molecule has 14 heteroatoms. The van der Waals surface area contributed by atoms with E-state index in [0.717, 1.165) is 35.2 Å². The van der Waals surface area contributed by atoms with Crippen LogP contribution in [-0.4, -0.2) is 38.3 Å². The van der Waals surface area contributed by atoms with E-state index in [1.165, 1.54) is 12.1 Å². The number of alkyl halides is 6. The Morgan fingerprint density at radius 3 is 2.16 bits per heavy atom. The first-order valence-electron chi connectivity index (χ1n) is 10.3. The second-order valence-corrected chi connectivity index (χ2v) is 7.75. The van der Waals surface area contributed by atoms with Gasteiger partial charge in [-0.15, -0.1) is 18.3 Å². The number of carbonyl (C=O) groups excluding carboxylic acids is 2. The molecule has 1 aromatic carbocycles. The van der Waals surface area contributed by atoms with Gasteiger partial charge in [0.15, 0.2) is 17.4 Å². The lowest BCUT2D eigenvalue weighted by molar-refractivity contribution is -0.274. The monoisotopic (exact) mass is 524 g/mol. The molecular weight excluding hydrogens is 510 g/mol. The third-order valence-electron chi connectivity index (χ3n) is 5.23. The van der Waals surface area contributed by atoms with E-state index >= 15 is 0 Å². The molecule has 1 aliphatic rings. The minimum Gasteiger partial charge on any atom is -0.503 e. The molecular formula is C23H14F6N4O4. The van der Waals surface area contributed by atoms with Crippen molar-refractivity contribution in [1.29, 1.82) is 0 Å². The molecule has 1 aliphatic heterocycles. The average molecular weight is 524 g/mol. The van der Waals surface area contributed by atoms with Crippen LogP contribution < -0.4 is 9.64 Å². The summed E-state index contributed by atoms with van der Waals surface area (Å²) in [5.41, 5.74) is -1.64. The molecule has 0 aliphatic carbocycles. The standard InChI is InChI=1S/C23H14F6N4O4/c1-11-2-9-16(32-31-11)33-18(12-3-6-14(7-4-12)37-23(27,28)29)17(20(35)21(33)36)19(34)13-5-8-15(30-10-13)22(24,25)26/h2-10,18,35H,1H3. The highest BCUT2D eigenvalue weighted by molar-refractivity contribution is 6.20. The van der Waals surface area contributed by atoms with E-state index in [1.54, 1.807) is 6.92 Å². The number of ether oxygens (including phenoxy) is 1. The number of rotatable bonds is 5. The van der Waals surface area contributed by atoms with Crippen molar-refractivity contribution in [1.82, 2.24) is 15.2 Å². The van der Waals surface area contributed by atoms with E-state index in [-0.39, 0.29) is 16.9 Å². The Morgan fingerprint density at radius 2 is 1.65 bits per heavy atom. The van der Waals surface area contributed by atoms with Crippen LogP contribution in [0.4, 0.5) is 32.2 Å². The van der Waals surface area contributed by atoms with Gasteiger partial charge in [0.05, 0.1) is 17.3 Å². The van der Waals surface area contributed by atoms with E-state index in [1.807, 2.05) is 0 Å². The van der Waals surface area contributed by atoms with Crippen molar-refractivity contribution in [3.63, 3.8) is 0 Å². The molecule has 0 radical (unpaired) electrons. The van der Waals surface area contributed by atoms with E-state index in [9.17, 15) is 41.0 Å². The summed E-state index contributed by atoms with van der Waals surface area (Å²) in [6.45, 7) is 1.61. The maximum atomic E-state index is 13.3. The van der Waals surface area contributed by atoms with Crippen LogP contribution in [0.5, 0.6) is 5.75 Å². The van der Waals surface area contributed by atoms with Gasteiger partial charge in [-0.1, -0.05) is 12.1 Å². The zero-order valence-corrected chi connectivity index (χ0v) is 18.5. The normalized spacial score (nSPS) is 16.4. The largest absolute Gasteiger partial charge is 0.573 e. The first-order chi connectivity index (χ1) is 17.3.